The van der Waals surface area contributed by atoms with Gasteiger partial charge in [0.1, 0.15) is 24.4 Å². The Labute approximate surface area is 288 Å². The van der Waals surface area contributed by atoms with Crippen LogP contribution in [-0.2, 0) is 38.7 Å². The Kier molecular flexibility index (Phi) is 14.5. The first-order valence-electron chi connectivity index (χ1n) is 16.9. The third-order valence-electron chi connectivity index (χ3n) is 8.63. The number of rotatable bonds is 17. The largest absolute Gasteiger partial charge is 0.494 e. The van der Waals surface area contributed by atoms with Gasteiger partial charge in [0.05, 0.1) is 13.0 Å². The quantitative estimate of drug-likeness (QED) is 0.140. The van der Waals surface area contributed by atoms with Crippen LogP contribution in [0.5, 0.6) is 5.75 Å². The number of nitrogens with one attached hydrogen (secondary N) is 4. The molecule has 11 heteroatoms. The zero-order chi connectivity index (χ0) is 35.0. The number of piperidine rings is 1. The lowest BCUT2D eigenvalue weighted by Gasteiger charge is -2.27. The number of alkyl carbamates (subject to hydrolysis) is 1. The van der Waals surface area contributed by atoms with Crippen molar-refractivity contribution in [3.05, 3.63) is 101 Å². The van der Waals surface area contributed by atoms with Crippen molar-refractivity contribution in [3.8, 4) is 5.75 Å². The van der Waals surface area contributed by atoms with E-state index < -0.39 is 42.4 Å². The van der Waals surface area contributed by atoms with Crippen LogP contribution < -0.4 is 26.0 Å². The lowest BCUT2D eigenvalue weighted by molar-refractivity contribution is -0.140. The maximum absolute atomic E-state index is 13.6. The number of hydrogen-bond acceptors (Lipinski definition) is 7. The van der Waals surface area contributed by atoms with E-state index in [2.05, 4.69) is 28.2 Å². The second kappa shape index (κ2) is 19.2. The van der Waals surface area contributed by atoms with Gasteiger partial charge in [-0.2, -0.15) is 0 Å². The lowest BCUT2D eigenvalue weighted by Crippen LogP contribution is -2.54. The van der Waals surface area contributed by atoms with E-state index in [-0.39, 0.29) is 19.6 Å². The summed E-state index contributed by atoms with van der Waals surface area (Å²) < 4.78 is 11.3. The molecule has 0 spiro atoms. The van der Waals surface area contributed by atoms with Gasteiger partial charge >= 0.3 is 12.1 Å². The molecule has 1 aliphatic rings. The Morgan fingerprint density at radius 2 is 1.61 bits per heavy atom. The first kappa shape index (κ1) is 36.9. The molecule has 0 aliphatic carbocycles. The van der Waals surface area contributed by atoms with Crippen molar-refractivity contribution >= 4 is 23.9 Å². The summed E-state index contributed by atoms with van der Waals surface area (Å²) in [4.78, 5) is 51.1. The number of hydrogen-bond donors (Lipinski definition) is 5. The minimum atomic E-state index is -1.46. The van der Waals surface area contributed by atoms with Crippen LogP contribution in [0.4, 0.5) is 4.79 Å². The molecule has 4 rings (SSSR count). The molecule has 0 saturated carbocycles. The fourth-order valence-corrected chi connectivity index (χ4v) is 5.85. The van der Waals surface area contributed by atoms with Gasteiger partial charge in [0.2, 0.25) is 11.8 Å². The minimum absolute atomic E-state index is 0.0564. The van der Waals surface area contributed by atoms with Crippen molar-refractivity contribution in [1.29, 1.82) is 0 Å². The summed E-state index contributed by atoms with van der Waals surface area (Å²) in [7, 11) is 0. The summed E-state index contributed by atoms with van der Waals surface area (Å²) in [6.45, 7) is 7.02. The number of benzene rings is 3. The third kappa shape index (κ3) is 12.9. The molecule has 5 N–H and O–H groups in total. The number of carbonyl (C=O) groups excluding carboxylic acids is 3. The van der Waals surface area contributed by atoms with Gasteiger partial charge in [0.25, 0.3) is 0 Å². The monoisotopic (exact) mass is 672 g/mol. The van der Waals surface area contributed by atoms with Gasteiger partial charge in [-0.1, -0.05) is 73.7 Å². The average molecular weight is 673 g/mol. The van der Waals surface area contributed by atoms with E-state index in [1.54, 1.807) is 24.3 Å². The Morgan fingerprint density at radius 1 is 0.898 bits per heavy atom. The predicted octanol–water partition coefficient (Wildman–Crippen LogP) is 4.51. The van der Waals surface area contributed by atoms with E-state index in [1.807, 2.05) is 61.5 Å². The third-order valence-corrected chi connectivity index (χ3v) is 8.63. The van der Waals surface area contributed by atoms with Gasteiger partial charge in [-0.25, -0.2) is 4.79 Å². The maximum Gasteiger partial charge on any atom is 0.408 e. The standard InChI is InChI=1S/C38H48N4O7/c1-26-19-30(23-39-22-26)17-18-48-32-15-13-27(2)31(20-32)24-40-36(45)33(16-14-28-9-5-3-6-10-28)41-37(46)34(21-35(43)44)42-38(47)49-25-29-11-7-4-8-12-29/h3-13,15,20,26,30,33-34,39H,14,16-19,21-25H2,1-2H3,(H,40,45)(H,41,46)(H,42,47)(H,43,44)/t26?,30?,33-,34-/m0/s1. The number of amides is 3. The summed E-state index contributed by atoms with van der Waals surface area (Å²) in [6, 6.07) is 21.8. The molecular weight excluding hydrogens is 624 g/mol. The molecule has 262 valence electrons. The van der Waals surface area contributed by atoms with Crippen LogP contribution in [0.25, 0.3) is 0 Å². The summed E-state index contributed by atoms with van der Waals surface area (Å²) in [6.07, 6.45) is 1.24. The maximum atomic E-state index is 13.6. The van der Waals surface area contributed by atoms with Gasteiger partial charge in [0, 0.05) is 6.54 Å². The van der Waals surface area contributed by atoms with Crippen molar-refractivity contribution in [2.75, 3.05) is 19.7 Å². The molecule has 3 amide bonds. The van der Waals surface area contributed by atoms with E-state index in [0.29, 0.717) is 24.9 Å². The fraction of sp³-hybridized carbons (Fsp3) is 0.421. The van der Waals surface area contributed by atoms with Gasteiger partial charge in [-0.3, -0.25) is 14.4 Å². The summed E-state index contributed by atoms with van der Waals surface area (Å²) >= 11 is 0. The number of carboxylic acids is 1. The normalized spacial score (nSPS) is 16.9. The molecule has 0 radical (unpaired) electrons. The molecular formula is C38H48N4O7. The number of ether oxygens (including phenoxy) is 2. The molecule has 1 aliphatic heterocycles. The lowest BCUT2D eigenvalue weighted by atomic mass is 9.90. The van der Waals surface area contributed by atoms with Crippen molar-refractivity contribution in [2.45, 2.75) is 71.2 Å². The summed E-state index contributed by atoms with van der Waals surface area (Å²) in [5.74, 6) is -0.564. The topological polar surface area (TPSA) is 155 Å². The second-order valence-corrected chi connectivity index (χ2v) is 12.8. The van der Waals surface area contributed by atoms with Crippen LogP contribution in [-0.4, -0.2) is 60.8 Å². The molecule has 1 fully saturated rings. The van der Waals surface area contributed by atoms with Gasteiger partial charge in [-0.05, 0) is 91.9 Å². The van der Waals surface area contributed by atoms with Gasteiger partial charge in [0.15, 0.2) is 0 Å². The van der Waals surface area contributed by atoms with Crippen molar-refractivity contribution < 1.29 is 33.8 Å². The van der Waals surface area contributed by atoms with Crippen LogP contribution in [0, 0.1) is 18.8 Å². The molecule has 49 heavy (non-hydrogen) atoms. The zero-order valence-corrected chi connectivity index (χ0v) is 28.3. The number of aryl methyl sites for hydroxylation is 2. The molecule has 0 bridgehead atoms. The van der Waals surface area contributed by atoms with E-state index in [9.17, 15) is 24.3 Å². The Balaban J connectivity index is 1.38. The first-order chi connectivity index (χ1) is 23.7. The van der Waals surface area contributed by atoms with Crippen LogP contribution >= 0.6 is 0 Å². The molecule has 1 heterocycles. The number of carbonyl (C=O) groups is 4. The van der Waals surface area contributed by atoms with Crippen molar-refractivity contribution in [3.63, 3.8) is 0 Å². The van der Waals surface area contributed by atoms with E-state index in [0.717, 1.165) is 47.5 Å². The summed E-state index contributed by atoms with van der Waals surface area (Å²) in [5, 5.41) is 20.9. The molecule has 11 nitrogen and oxygen atoms in total. The zero-order valence-electron chi connectivity index (χ0n) is 28.3. The van der Waals surface area contributed by atoms with Crippen molar-refractivity contribution in [2.24, 2.45) is 11.8 Å². The Hall–Kier alpha value is -4.90. The molecule has 4 atom stereocenters. The van der Waals surface area contributed by atoms with Crippen LogP contribution in [0.3, 0.4) is 0 Å². The molecule has 3 aromatic carbocycles. The smallest absolute Gasteiger partial charge is 0.408 e. The SMILES string of the molecule is Cc1ccc(OCCC2CNCC(C)C2)cc1CNC(=O)[C@H](CCc1ccccc1)NC(=O)[C@H](CC(=O)O)NC(=O)OCc1ccccc1. The van der Waals surface area contributed by atoms with Crippen LogP contribution in [0.15, 0.2) is 78.9 Å². The molecule has 0 aromatic heterocycles. The second-order valence-electron chi connectivity index (χ2n) is 12.8. The molecule has 1 saturated heterocycles. The minimum Gasteiger partial charge on any atom is -0.494 e. The van der Waals surface area contributed by atoms with Gasteiger partial charge in [-0.15, -0.1) is 0 Å². The van der Waals surface area contributed by atoms with Gasteiger partial charge < -0.3 is 35.8 Å². The Bertz CT molecular complexity index is 1520. The van der Waals surface area contributed by atoms with Crippen LogP contribution in [0.2, 0.25) is 0 Å². The Morgan fingerprint density at radius 3 is 2.31 bits per heavy atom. The highest BCUT2D eigenvalue weighted by Gasteiger charge is 2.29. The highest BCUT2D eigenvalue weighted by Crippen LogP contribution is 2.21. The van der Waals surface area contributed by atoms with E-state index in [1.165, 1.54) is 6.42 Å². The average Bonchev–Trinajstić information content (AvgIpc) is 3.09. The van der Waals surface area contributed by atoms with E-state index >= 15 is 0 Å². The van der Waals surface area contributed by atoms with Crippen LogP contribution in [0.1, 0.15) is 54.9 Å². The predicted molar refractivity (Wildman–Crippen MR) is 186 cm³/mol. The summed E-state index contributed by atoms with van der Waals surface area (Å²) in [5.41, 5.74) is 3.55. The number of aliphatic carboxylic acids is 1. The highest BCUT2D eigenvalue weighted by atomic mass is 16.5. The highest BCUT2D eigenvalue weighted by molar-refractivity contribution is 5.93. The van der Waals surface area contributed by atoms with E-state index in [4.69, 9.17) is 9.47 Å². The fourth-order valence-electron chi connectivity index (χ4n) is 5.85. The van der Waals surface area contributed by atoms with Crippen molar-refractivity contribution in [1.82, 2.24) is 21.3 Å². The first-order valence-corrected chi connectivity index (χ1v) is 16.9. The number of carboxylic acid groups (broad SMARTS) is 1. The molecule has 2 unspecified atom stereocenters. The molecule has 3 aromatic rings.